The summed E-state index contributed by atoms with van der Waals surface area (Å²) in [5.41, 5.74) is 0.297. The third kappa shape index (κ3) is 4.45. The van der Waals surface area contributed by atoms with Crippen molar-refractivity contribution in [2.75, 3.05) is 13.7 Å². The van der Waals surface area contributed by atoms with Crippen LogP contribution >= 0.6 is 0 Å². The van der Waals surface area contributed by atoms with Crippen LogP contribution in [0.3, 0.4) is 0 Å². The number of carbonyl (C=O) groups excluding carboxylic acids is 3. The number of hydrogen-bond acceptors (Lipinski definition) is 5. The lowest BCUT2D eigenvalue weighted by Gasteiger charge is -2.57. The molecule has 30 heavy (non-hydrogen) atoms. The van der Waals surface area contributed by atoms with Crippen molar-refractivity contribution >= 4 is 17.8 Å². The Labute approximate surface area is 176 Å². The number of hydrogen-bond donors (Lipinski definition) is 2. The molecule has 0 aromatic heterocycles. The SMILES string of the molecule is COc1ccc(C(=O)NCC(=O)O[C@H](C)C(=O)NC23CC4CC(CC(C4)C2)C3)cc1. The second-order valence-electron chi connectivity index (χ2n) is 9.23. The molecule has 2 N–H and O–H groups in total. The molecule has 4 saturated carbocycles. The smallest absolute Gasteiger partial charge is 0.326 e. The molecule has 1 aromatic rings. The van der Waals surface area contributed by atoms with Crippen LogP contribution in [0.2, 0.25) is 0 Å². The highest BCUT2D eigenvalue weighted by atomic mass is 16.5. The van der Waals surface area contributed by atoms with E-state index in [1.165, 1.54) is 19.3 Å². The van der Waals surface area contributed by atoms with Crippen LogP contribution in [0.5, 0.6) is 5.75 Å². The zero-order chi connectivity index (χ0) is 21.3. The standard InChI is InChI=1S/C23H30N2O5/c1-14(21(27)25-23-10-15-7-16(11-23)9-17(8-15)12-23)30-20(26)13-24-22(28)18-3-5-19(29-2)6-4-18/h3-6,14-17H,7-13H2,1-2H3,(H,24,28)(H,25,27)/t14-,15?,16?,17?,23?/m1/s1. The summed E-state index contributed by atoms with van der Waals surface area (Å²) in [6.45, 7) is 1.29. The van der Waals surface area contributed by atoms with E-state index in [1.807, 2.05) is 0 Å². The highest BCUT2D eigenvalue weighted by molar-refractivity contribution is 5.96. The van der Waals surface area contributed by atoms with Gasteiger partial charge in [-0.2, -0.15) is 0 Å². The molecule has 1 atom stereocenters. The van der Waals surface area contributed by atoms with Gasteiger partial charge in [0, 0.05) is 11.1 Å². The number of ether oxygens (including phenoxy) is 2. The van der Waals surface area contributed by atoms with Crippen LogP contribution in [0, 0.1) is 17.8 Å². The van der Waals surface area contributed by atoms with Gasteiger partial charge in [0.05, 0.1) is 7.11 Å². The summed E-state index contributed by atoms with van der Waals surface area (Å²) in [4.78, 5) is 37.0. The highest BCUT2D eigenvalue weighted by Gasteiger charge is 2.51. The van der Waals surface area contributed by atoms with Gasteiger partial charge in [0.15, 0.2) is 6.10 Å². The topological polar surface area (TPSA) is 93.7 Å². The van der Waals surface area contributed by atoms with Crippen molar-refractivity contribution in [3.63, 3.8) is 0 Å². The minimum absolute atomic E-state index is 0.116. The summed E-state index contributed by atoms with van der Waals surface area (Å²) < 4.78 is 10.3. The Bertz CT molecular complexity index is 784. The number of rotatable bonds is 7. The summed E-state index contributed by atoms with van der Waals surface area (Å²) in [5.74, 6) is 1.55. The van der Waals surface area contributed by atoms with E-state index in [0.29, 0.717) is 11.3 Å². The Hall–Kier alpha value is -2.57. The van der Waals surface area contributed by atoms with E-state index in [0.717, 1.165) is 37.0 Å². The van der Waals surface area contributed by atoms with Crippen LogP contribution in [-0.2, 0) is 14.3 Å². The first-order valence-electron chi connectivity index (χ1n) is 10.8. The number of amides is 2. The van der Waals surface area contributed by atoms with Gasteiger partial charge in [0.1, 0.15) is 12.3 Å². The number of methoxy groups -OCH3 is 1. The van der Waals surface area contributed by atoms with Crippen molar-refractivity contribution in [3.8, 4) is 5.75 Å². The van der Waals surface area contributed by atoms with Gasteiger partial charge < -0.3 is 20.1 Å². The zero-order valence-electron chi connectivity index (χ0n) is 17.6. The predicted molar refractivity (Wildman–Crippen MR) is 110 cm³/mol. The molecule has 7 nitrogen and oxygen atoms in total. The number of nitrogens with one attached hydrogen (secondary N) is 2. The fraction of sp³-hybridized carbons (Fsp3) is 0.609. The minimum atomic E-state index is -0.886. The lowest BCUT2D eigenvalue weighted by atomic mass is 9.53. The lowest BCUT2D eigenvalue weighted by molar-refractivity contribution is -0.155. The monoisotopic (exact) mass is 414 g/mol. The predicted octanol–water partition coefficient (Wildman–Crippen LogP) is 2.44. The summed E-state index contributed by atoms with van der Waals surface area (Å²) in [6.07, 6.45) is 6.15. The molecule has 4 aliphatic carbocycles. The van der Waals surface area contributed by atoms with Crippen molar-refractivity contribution in [1.29, 1.82) is 0 Å². The molecule has 0 aliphatic heterocycles. The first-order chi connectivity index (χ1) is 14.4. The van der Waals surface area contributed by atoms with E-state index in [-0.39, 0.29) is 23.9 Å². The molecule has 7 heteroatoms. The molecule has 0 saturated heterocycles. The third-order valence-electron chi connectivity index (χ3n) is 6.85. The van der Waals surface area contributed by atoms with Crippen molar-refractivity contribution in [2.24, 2.45) is 17.8 Å². The van der Waals surface area contributed by atoms with Crippen LogP contribution in [0.1, 0.15) is 55.8 Å². The van der Waals surface area contributed by atoms with E-state index in [4.69, 9.17) is 9.47 Å². The number of carbonyl (C=O) groups is 3. The van der Waals surface area contributed by atoms with Crippen molar-refractivity contribution < 1.29 is 23.9 Å². The van der Waals surface area contributed by atoms with Gasteiger partial charge in [-0.1, -0.05) is 0 Å². The van der Waals surface area contributed by atoms with E-state index < -0.39 is 12.1 Å². The van der Waals surface area contributed by atoms with Gasteiger partial charge >= 0.3 is 5.97 Å². The van der Waals surface area contributed by atoms with Crippen LogP contribution in [0.15, 0.2) is 24.3 Å². The van der Waals surface area contributed by atoms with Crippen LogP contribution < -0.4 is 15.4 Å². The summed E-state index contributed by atoms with van der Waals surface area (Å²) in [5, 5.41) is 5.74. The second kappa shape index (κ2) is 8.28. The van der Waals surface area contributed by atoms with E-state index in [2.05, 4.69) is 10.6 Å². The van der Waals surface area contributed by atoms with Gasteiger partial charge in [-0.15, -0.1) is 0 Å². The van der Waals surface area contributed by atoms with Crippen molar-refractivity contribution in [2.45, 2.75) is 57.1 Å². The fourth-order valence-electron chi connectivity index (χ4n) is 5.92. The first-order valence-corrected chi connectivity index (χ1v) is 10.8. The molecule has 1 aromatic carbocycles. The van der Waals surface area contributed by atoms with Gasteiger partial charge in [0.25, 0.3) is 11.8 Å². The molecular weight excluding hydrogens is 384 g/mol. The van der Waals surface area contributed by atoms with Gasteiger partial charge in [-0.05, 0) is 87.5 Å². The number of esters is 1. The highest BCUT2D eigenvalue weighted by Crippen LogP contribution is 2.55. The second-order valence-corrected chi connectivity index (χ2v) is 9.23. The Kier molecular flexibility index (Phi) is 5.71. The fourth-order valence-corrected chi connectivity index (χ4v) is 5.92. The van der Waals surface area contributed by atoms with Gasteiger partial charge in [0.2, 0.25) is 0 Å². The van der Waals surface area contributed by atoms with E-state index in [9.17, 15) is 14.4 Å². The molecule has 2 amide bonds. The molecular formula is C23H30N2O5. The number of benzene rings is 1. The van der Waals surface area contributed by atoms with Crippen molar-refractivity contribution in [3.05, 3.63) is 29.8 Å². The Morgan fingerprint density at radius 3 is 2.13 bits per heavy atom. The summed E-state index contributed by atoms with van der Waals surface area (Å²) in [6, 6.07) is 6.57. The molecule has 162 valence electrons. The van der Waals surface area contributed by atoms with E-state index >= 15 is 0 Å². The van der Waals surface area contributed by atoms with E-state index in [1.54, 1.807) is 38.3 Å². The molecule has 4 bridgehead atoms. The molecule has 4 aliphatic rings. The Morgan fingerprint density at radius 2 is 1.60 bits per heavy atom. The van der Waals surface area contributed by atoms with Crippen molar-refractivity contribution in [1.82, 2.24) is 10.6 Å². The lowest BCUT2D eigenvalue weighted by Crippen LogP contribution is -2.61. The van der Waals surface area contributed by atoms with Crippen LogP contribution in [0.25, 0.3) is 0 Å². The van der Waals surface area contributed by atoms with Gasteiger partial charge in [-0.3, -0.25) is 14.4 Å². The maximum absolute atomic E-state index is 12.7. The molecule has 0 spiro atoms. The van der Waals surface area contributed by atoms with Gasteiger partial charge in [-0.25, -0.2) is 0 Å². The van der Waals surface area contributed by atoms with Crippen LogP contribution in [-0.4, -0.2) is 43.1 Å². The quantitative estimate of drug-likeness (QED) is 0.669. The average molecular weight is 415 g/mol. The minimum Gasteiger partial charge on any atom is -0.497 e. The zero-order valence-corrected chi connectivity index (χ0v) is 17.6. The molecule has 0 radical (unpaired) electrons. The first kappa shape index (κ1) is 20.7. The summed E-state index contributed by atoms with van der Waals surface area (Å²) in [7, 11) is 1.55. The molecule has 0 heterocycles. The molecule has 4 fully saturated rings. The summed E-state index contributed by atoms with van der Waals surface area (Å²) >= 11 is 0. The Balaban J connectivity index is 1.24. The normalized spacial score (nSPS) is 29.7. The maximum atomic E-state index is 12.7. The average Bonchev–Trinajstić information content (AvgIpc) is 2.70. The van der Waals surface area contributed by atoms with Crippen LogP contribution in [0.4, 0.5) is 0 Å². The molecule has 0 unspecified atom stereocenters. The largest absolute Gasteiger partial charge is 0.497 e. The maximum Gasteiger partial charge on any atom is 0.326 e. The third-order valence-corrected chi connectivity index (χ3v) is 6.85. The molecule has 5 rings (SSSR count). The Morgan fingerprint density at radius 1 is 1.03 bits per heavy atom.